The largest absolute Gasteiger partial charge is 0.504 e. The summed E-state index contributed by atoms with van der Waals surface area (Å²) >= 11 is 0. The Morgan fingerprint density at radius 3 is 2.33 bits per heavy atom. The smallest absolute Gasteiger partial charge is 0.331 e. The standard InChI is InChI=1S/C22H30O14/c1-32-11-6-9(2-4-10(11)24)3-5-14(25)36-20-18(29)16(27)13(34-21(20)31)8-33-22-19(30)17(28)15(26)12(7-23)35-22/h2-6,12-13,15-24,26-31H,7-8H2,1H3/b5-3+/t12-,13-,15-,16-,17+,18+,19-,20-,21?,22-/m1/s1. The third-order valence-corrected chi connectivity index (χ3v) is 5.80. The molecule has 1 unspecified atom stereocenters. The molecule has 0 saturated carbocycles. The average Bonchev–Trinajstić information content (AvgIpc) is 2.87. The first-order valence-corrected chi connectivity index (χ1v) is 10.9. The average molecular weight is 518 g/mol. The lowest BCUT2D eigenvalue weighted by Crippen LogP contribution is -2.62. The van der Waals surface area contributed by atoms with E-state index in [9.17, 15) is 45.6 Å². The van der Waals surface area contributed by atoms with Gasteiger partial charge in [-0.1, -0.05) is 6.07 Å². The van der Waals surface area contributed by atoms with Crippen molar-refractivity contribution in [2.24, 2.45) is 0 Å². The maximum Gasteiger partial charge on any atom is 0.331 e. The van der Waals surface area contributed by atoms with E-state index >= 15 is 0 Å². The zero-order valence-corrected chi connectivity index (χ0v) is 19.1. The lowest BCUT2D eigenvalue weighted by atomic mass is 9.98. The first-order chi connectivity index (χ1) is 17.1. The molecule has 8 N–H and O–H groups in total. The number of carbonyl (C=O) groups is 1. The van der Waals surface area contributed by atoms with Crippen LogP contribution in [0.25, 0.3) is 6.08 Å². The Morgan fingerprint density at radius 1 is 0.972 bits per heavy atom. The third-order valence-electron chi connectivity index (χ3n) is 5.80. The Kier molecular flexibility index (Phi) is 9.59. The number of aliphatic hydroxyl groups is 7. The highest BCUT2D eigenvalue weighted by molar-refractivity contribution is 5.87. The molecule has 0 radical (unpaired) electrons. The van der Waals surface area contributed by atoms with E-state index in [0.717, 1.165) is 6.08 Å². The van der Waals surface area contributed by atoms with Crippen LogP contribution in [0.15, 0.2) is 24.3 Å². The molecular formula is C22H30O14. The summed E-state index contributed by atoms with van der Waals surface area (Å²) in [5.74, 6) is -0.893. The van der Waals surface area contributed by atoms with Gasteiger partial charge in [0.15, 0.2) is 30.2 Å². The van der Waals surface area contributed by atoms with Crippen LogP contribution in [0.5, 0.6) is 11.5 Å². The van der Waals surface area contributed by atoms with Crippen LogP contribution in [-0.4, -0.2) is 129 Å². The van der Waals surface area contributed by atoms with Gasteiger partial charge >= 0.3 is 5.97 Å². The molecule has 0 aliphatic carbocycles. The number of aliphatic hydroxyl groups excluding tert-OH is 7. The van der Waals surface area contributed by atoms with Gasteiger partial charge in [-0.15, -0.1) is 0 Å². The van der Waals surface area contributed by atoms with Crippen LogP contribution < -0.4 is 4.74 Å². The number of ether oxygens (including phenoxy) is 5. The van der Waals surface area contributed by atoms with Crippen molar-refractivity contribution in [3.8, 4) is 11.5 Å². The maximum absolute atomic E-state index is 12.2. The van der Waals surface area contributed by atoms with Crippen molar-refractivity contribution in [3.05, 3.63) is 29.8 Å². The minimum atomic E-state index is -1.86. The van der Waals surface area contributed by atoms with Crippen LogP contribution in [0.1, 0.15) is 5.56 Å². The van der Waals surface area contributed by atoms with E-state index in [4.69, 9.17) is 23.7 Å². The summed E-state index contributed by atoms with van der Waals surface area (Å²) in [5, 5.41) is 79.4. The molecule has 36 heavy (non-hydrogen) atoms. The molecule has 2 aliphatic rings. The van der Waals surface area contributed by atoms with Crippen LogP contribution in [0.3, 0.4) is 0 Å². The molecule has 202 valence electrons. The molecule has 0 spiro atoms. The van der Waals surface area contributed by atoms with Gasteiger partial charge in [-0.25, -0.2) is 4.79 Å². The monoisotopic (exact) mass is 518 g/mol. The lowest BCUT2D eigenvalue weighted by Gasteiger charge is -2.42. The zero-order valence-electron chi connectivity index (χ0n) is 19.1. The van der Waals surface area contributed by atoms with E-state index < -0.39 is 80.6 Å². The number of methoxy groups -OCH3 is 1. The highest BCUT2D eigenvalue weighted by Gasteiger charge is 2.48. The zero-order chi connectivity index (χ0) is 26.6. The number of rotatable bonds is 8. The predicted molar refractivity (Wildman–Crippen MR) is 116 cm³/mol. The molecular weight excluding hydrogens is 488 g/mol. The molecule has 3 rings (SSSR count). The number of carbonyl (C=O) groups excluding carboxylic acids is 1. The summed E-state index contributed by atoms with van der Waals surface area (Å²) < 4.78 is 25.6. The molecule has 14 heteroatoms. The summed E-state index contributed by atoms with van der Waals surface area (Å²) in [6, 6.07) is 4.31. The normalized spacial score (nSPS) is 37.1. The van der Waals surface area contributed by atoms with Gasteiger partial charge in [0.2, 0.25) is 0 Å². The highest BCUT2D eigenvalue weighted by atomic mass is 16.7. The van der Waals surface area contributed by atoms with Crippen molar-refractivity contribution in [2.75, 3.05) is 20.3 Å². The quantitative estimate of drug-likeness (QED) is 0.124. The van der Waals surface area contributed by atoms with Gasteiger partial charge in [-0.05, 0) is 23.8 Å². The van der Waals surface area contributed by atoms with Crippen molar-refractivity contribution >= 4 is 12.0 Å². The van der Waals surface area contributed by atoms with Gasteiger partial charge in [-0.3, -0.25) is 0 Å². The van der Waals surface area contributed by atoms with Crippen molar-refractivity contribution in [2.45, 2.75) is 61.4 Å². The van der Waals surface area contributed by atoms with E-state index in [0.29, 0.717) is 5.56 Å². The van der Waals surface area contributed by atoms with Crippen LogP contribution in [0.4, 0.5) is 0 Å². The minimum absolute atomic E-state index is 0.0955. The van der Waals surface area contributed by atoms with Crippen LogP contribution in [0.2, 0.25) is 0 Å². The van der Waals surface area contributed by atoms with Gasteiger partial charge in [0.1, 0.15) is 42.7 Å². The van der Waals surface area contributed by atoms with Crippen molar-refractivity contribution in [1.29, 1.82) is 0 Å². The van der Waals surface area contributed by atoms with Crippen LogP contribution >= 0.6 is 0 Å². The lowest BCUT2D eigenvalue weighted by molar-refractivity contribution is -0.326. The van der Waals surface area contributed by atoms with Crippen molar-refractivity contribution in [1.82, 2.24) is 0 Å². The Bertz CT molecular complexity index is 907. The van der Waals surface area contributed by atoms with Crippen molar-refractivity contribution in [3.63, 3.8) is 0 Å². The van der Waals surface area contributed by atoms with E-state index in [-0.39, 0.29) is 11.5 Å². The van der Waals surface area contributed by atoms with E-state index in [1.807, 2.05) is 0 Å². The molecule has 2 saturated heterocycles. The van der Waals surface area contributed by atoms with E-state index in [2.05, 4.69) is 0 Å². The third kappa shape index (κ3) is 6.30. The van der Waals surface area contributed by atoms with Crippen LogP contribution in [0, 0.1) is 0 Å². The molecule has 1 aromatic carbocycles. The van der Waals surface area contributed by atoms with Crippen LogP contribution in [-0.2, 0) is 23.7 Å². The highest BCUT2D eigenvalue weighted by Crippen LogP contribution is 2.28. The van der Waals surface area contributed by atoms with Gasteiger partial charge in [0.05, 0.1) is 20.3 Å². The molecule has 1 aromatic rings. The molecule has 2 heterocycles. The summed E-state index contributed by atoms with van der Waals surface area (Å²) in [6.07, 6.45) is -13.8. The first kappa shape index (κ1) is 28.2. The fourth-order valence-electron chi connectivity index (χ4n) is 3.72. The Hall–Kier alpha value is -2.37. The summed E-state index contributed by atoms with van der Waals surface area (Å²) in [6.45, 7) is -1.23. The van der Waals surface area contributed by atoms with Gasteiger partial charge < -0.3 is 64.5 Å². The fraction of sp³-hybridized carbons (Fsp3) is 0.591. The number of esters is 1. The predicted octanol–water partition coefficient (Wildman–Crippen LogP) is -3.42. The second kappa shape index (κ2) is 12.2. The molecule has 2 fully saturated rings. The first-order valence-electron chi connectivity index (χ1n) is 10.9. The summed E-state index contributed by atoms with van der Waals surface area (Å²) in [5.41, 5.74) is 0.480. The van der Waals surface area contributed by atoms with Gasteiger partial charge in [0, 0.05) is 6.08 Å². The number of aromatic hydroxyl groups is 1. The molecule has 0 aromatic heterocycles. The van der Waals surface area contributed by atoms with E-state index in [1.54, 1.807) is 0 Å². The SMILES string of the molecule is COc1cc(/C=C/C(=O)O[C@H]2C(O)O[C@H](CO[C@@H]3O[C@H](CO)[C@@H](O)[C@H](O)[C@H]3O)[C@@H](O)[C@@H]2O)ccc1O. The van der Waals surface area contributed by atoms with Crippen molar-refractivity contribution < 1.29 is 69.3 Å². The molecule has 14 nitrogen and oxygen atoms in total. The Labute approximate surface area is 205 Å². The Morgan fingerprint density at radius 2 is 1.67 bits per heavy atom. The maximum atomic E-state index is 12.2. The van der Waals surface area contributed by atoms with E-state index in [1.165, 1.54) is 31.4 Å². The minimum Gasteiger partial charge on any atom is -0.504 e. The number of phenolic OH excluding ortho intramolecular Hbond substituents is 1. The molecule has 0 bridgehead atoms. The number of hydrogen-bond acceptors (Lipinski definition) is 14. The second-order valence-electron chi connectivity index (χ2n) is 8.24. The number of phenols is 1. The fourth-order valence-corrected chi connectivity index (χ4v) is 3.72. The number of benzene rings is 1. The second-order valence-corrected chi connectivity index (χ2v) is 8.24. The topological polar surface area (TPSA) is 225 Å². The van der Waals surface area contributed by atoms with Gasteiger partial charge in [-0.2, -0.15) is 0 Å². The summed E-state index contributed by atoms with van der Waals surface area (Å²) in [7, 11) is 1.36. The molecule has 2 aliphatic heterocycles. The Balaban J connectivity index is 1.56. The summed E-state index contributed by atoms with van der Waals surface area (Å²) in [4.78, 5) is 12.2. The van der Waals surface area contributed by atoms with Gasteiger partial charge in [0.25, 0.3) is 0 Å². The molecule has 0 amide bonds. The number of hydrogen-bond donors (Lipinski definition) is 8. The molecule has 10 atom stereocenters.